The Morgan fingerprint density at radius 3 is 2.53 bits per heavy atom. The van der Waals surface area contributed by atoms with Crippen LogP contribution in [-0.4, -0.2) is 23.9 Å². The van der Waals surface area contributed by atoms with Crippen LogP contribution in [0.1, 0.15) is 24.2 Å². The zero-order valence-electron chi connectivity index (χ0n) is 8.76. The van der Waals surface area contributed by atoms with E-state index in [1.54, 1.807) is 11.0 Å². The maximum absolute atomic E-state index is 12.0. The Bertz CT molecular complexity index is 364. The number of halogens is 2. The van der Waals surface area contributed by atoms with Crippen molar-refractivity contribution in [3.05, 3.63) is 32.4 Å². The SMILES string of the molecule is CCN(CC)C(=O)c1cc(I)ccc1Cl. The summed E-state index contributed by atoms with van der Waals surface area (Å²) in [4.78, 5) is 13.8. The minimum absolute atomic E-state index is 0.00326. The topological polar surface area (TPSA) is 20.3 Å². The first-order valence-electron chi connectivity index (χ1n) is 4.84. The van der Waals surface area contributed by atoms with Gasteiger partial charge in [0.15, 0.2) is 0 Å². The van der Waals surface area contributed by atoms with Crippen LogP contribution in [0.3, 0.4) is 0 Å². The summed E-state index contributed by atoms with van der Waals surface area (Å²) in [6.45, 7) is 5.33. The molecule has 1 amide bonds. The molecule has 0 saturated carbocycles. The van der Waals surface area contributed by atoms with Gasteiger partial charge in [-0.25, -0.2) is 0 Å². The predicted octanol–water partition coefficient (Wildman–Crippen LogP) is 3.43. The van der Waals surface area contributed by atoms with Crippen LogP contribution in [0.4, 0.5) is 0 Å². The van der Waals surface area contributed by atoms with E-state index in [9.17, 15) is 4.79 Å². The molecule has 0 bridgehead atoms. The summed E-state index contributed by atoms with van der Waals surface area (Å²) in [6, 6.07) is 5.48. The average Bonchev–Trinajstić information content (AvgIpc) is 2.23. The minimum Gasteiger partial charge on any atom is -0.339 e. The molecule has 15 heavy (non-hydrogen) atoms. The summed E-state index contributed by atoms with van der Waals surface area (Å²) in [5.74, 6) is 0.00326. The van der Waals surface area contributed by atoms with Crippen molar-refractivity contribution >= 4 is 40.1 Å². The highest BCUT2D eigenvalue weighted by molar-refractivity contribution is 14.1. The molecule has 0 N–H and O–H groups in total. The number of carbonyl (C=O) groups excluding carboxylic acids is 1. The first-order chi connectivity index (χ1) is 7.10. The maximum Gasteiger partial charge on any atom is 0.255 e. The lowest BCUT2D eigenvalue weighted by Gasteiger charge is -2.19. The molecule has 0 unspecified atom stereocenters. The Morgan fingerprint density at radius 2 is 2.00 bits per heavy atom. The summed E-state index contributed by atoms with van der Waals surface area (Å²) in [7, 11) is 0. The van der Waals surface area contributed by atoms with Crippen LogP contribution in [0.2, 0.25) is 5.02 Å². The van der Waals surface area contributed by atoms with E-state index >= 15 is 0 Å². The highest BCUT2D eigenvalue weighted by Gasteiger charge is 2.15. The van der Waals surface area contributed by atoms with Gasteiger partial charge in [0.1, 0.15) is 0 Å². The van der Waals surface area contributed by atoms with Crippen LogP contribution >= 0.6 is 34.2 Å². The van der Waals surface area contributed by atoms with Gasteiger partial charge in [0.25, 0.3) is 5.91 Å². The molecule has 0 fully saturated rings. The number of benzene rings is 1. The fourth-order valence-corrected chi connectivity index (χ4v) is 2.03. The van der Waals surface area contributed by atoms with Crippen molar-refractivity contribution < 1.29 is 4.79 Å². The van der Waals surface area contributed by atoms with Crippen LogP contribution in [-0.2, 0) is 0 Å². The van der Waals surface area contributed by atoms with Crippen molar-refractivity contribution in [2.45, 2.75) is 13.8 Å². The highest BCUT2D eigenvalue weighted by atomic mass is 127. The van der Waals surface area contributed by atoms with Crippen LogP contribution in [0.25, 0.3) is 0 Å². The fourth-order valence-electron chi connectivity index (χ4n) is 1.34. The molecule has 4 heteroatoms. The number of rotatable bonds is 3. The molecule has 0 spiro atoms. The number of hydrogen-bond acceptors (Lipinski definition) is 1. The van der Waals surface area contributed by atoms with Gasteiger partial charge in [-0.2, -0.15) is 0 Å². The van der Waals surface area contributed by atoms with Gasteiger partial charge in [-0.1, -0.05) is 11.6 Å². The van der Waals surface area contributed by atoms with Gasteiger partial charge in [-0.3, -0.25) is 4.79 Å². The molecule has 0 atom stereocenters. The Kier molecular flexibility index (Phi) is 4.86. The lowest BCUT2D eigenvalue weighted by molar-refractivity contribution is 0.0773. The van der Waals surface area contributed by atoms with Crippen molar-refractivity contribution in [2.24, 2.45) is 0 Å². The third kappa shape index (κ3) is 3.08. The molecule has 2 nitrogen and oxygen atoms in total. The third-order valence-corrected chi connectivity index (χ3v) is 3.21. The van der Waals surface area contributed by atoms with E-state index in [2.05, 4.69) is 22.6 Å². The van der Waals surface area contributed by atoms with E-state index in [0.717, 1.165) is 3.57 Å². The van der Waals surface area contributed by atoms with Crippen LogP contribution in [0, 0.1) is 3.57 Å². The maximum atomic E-state index is 12.0. The quantitative estimate of drug-likeness (QED) is 0.774. The van der Waals surface area contributed by atoms with Gasteiger partial charge >= 0.3 is 0 Å². The molecule has 0 saturated heterocycles. The lowest BCUT2D eigenvalue weighted by Crippen LogP contribution is -2.30. The van der Waals surface area contributed by atoms with E-state index in [4.69, 9.17) is 11.6 Å². The summed E-state index contributed by atoms with van der Waals surface area (Å²) in [5.41, 5.74) is 0.590. The second-order valence-corrected chi connectivity index (χ2v) is 4.75. The van der Waals surface area contributed by atoms with Crippen LogP contribution < -0.4 is 0 Å². The molecule has 0 aliphatic heterocycles. The summed E-state index contributed by atoms with van der Waals surface area (Å²) in [5, 5.41) is 0.521. The predicted molar refractivity (Wildman–Crippen MR) is 71.4 cm³/mol. The third-order valence-electron chi connectivity index (χ3n) is 2.21. The largest absolute Gasteiger partial charge is 0.339 e. The molecule has 1 aromatic rings. The van der Waals surface area contributed by atoms with Crippen molar-refractivity contribution in [3.8, 4) is 0 Å². The number of amides is 1. The van der Waals surface area contributed by atoms with Gasteiger partial charge < -0.3 is 4.90 Å². The normalized spacial score (nSPS) is 10.1. The molecule has 0 heterocycles. The number of hydrogen-bond donors (Lipinski definition) is 0. The molecule has 0 aromatic heterocycles. The van der Waals surface area contributed by atoms with Gasteiger partial charge in [-0.15, -0.1) is 0 Å². The number of nitrogens with zero attached hydrogens (tertiary/aromatic N) is 1. The summed E-state index contributed by atoms with van der Waals surface area (Å²) < 4.78 is 1.02. The molecule has 82 valence electrons. The first-order valence-corrected chi connectivity index (χ1v) is 6.30. The standard InChI is InChI=1S/C11H13ClINO/c1-3-14(4-2)11(15)9-7-8(13)5-6-10(9)12/h5-7H,3-4H2,1-2H3. The van der Waals surface area contributed by atoms with Gasteiger partial charge in [0.2, 0.25) is 0 Å². The van der Waals surface area contributed by atoms with Gasteiger partial charge in [0, 0.05) is 16.7 Å². The van der Waals surface area contributed by atoms with Crippen molar-refractivity contribution in [2.75, 3.05) is 13.1 Å². The molecular formula is C11H13ClINO. The average molecular weight is 338 g/mol. The number of carbonyl (C=O) groups is 1. The summed E-state index contributed by atoms with van der Waals surface area (Å²) in [6.07, 6.45) is 0. The van der Waals surface area contributed by atoms with Crippen molar-refractivity contribution in [1.82, 2.24) is 4.90 Å². The smallest absolute Gasteiger partial charge is 0.255 e. The zero-order chi connectivity index (χ0) is 11.4. The van der Waals surface area contributed by atoms with Gasteiger partial charge in [-0.05, 0) is 54.6 Å². The second-order valence-electron chi connectivity index (χ2n) is 3.10. The van der Waals surface area contributed by atoms with E-state index in [0.29, 0.717) is 23.7 Å². The summed E-state index contributed by atoms with van der Waals surface area (Å²) >= 11 is 8.17. The Hall–Kier alpha value is -0.290. The fraction of sp³-hybridized carbons (Fsp3) is 0.364. The van der Waals surface area contributed by atoms with Gasteiger partial charge in [0.05, 0.1) is 10.6 Å². The molecular weight excluding hydrogens is 324 g/mol. The first kappa shape index (κ1) is 12.8. The van der Waals surface area contributed by atoms with E-state index in [-0.39, 0.29) is 5.91 Å². The molecule has 1 rings (SSSR count). The Balaban J connectivity index is 3.04. The molecule has 0 aliphatic carbocycles. The lowest BCUT2D eigenvalue weighted by atomic mass is 10.2. The monoisotopic (exact) mass is 337 g/mol. The van der Waals surface area contributed by atoms with Crippen LogP contribution in [0.15, 0.2) is 18.2 Å². The minimum atomic E-state index is 0.00326. The van der Waals surface area contributed by atoms with E-state index in [1.807, 2.05) is 26.0 Å². The molecule has 0 aliphatic rings. The molecule has 1 aromatic carbocycles. The molecule has 0 radical (unpaired) electrons. The van der Waals surface area contributed by atoms with Crippen molar-refractivity contribution in [3.63, 3.8) is 0 Å². The van der Waals surface area contributed by atoms with Crippen LogP contribution in [0.5, 0.6) is 0 Å². The zero-order valence-corrected chi connectivity index (χ0v) is 11.7. The van der Waals surface area contributed by atoms with Crippen molar-refractivity contribution in [1.29, 1.82) is 0 Å². The Labute approximate surface area is 109 Å². The Morgan fingerprint density at radius 1 is 1.40 bits per heavy atom. The second kappa shape index (κ2) is 5.70. The van der Waals surface area contributed by atoms with E-state index in [1.165, 1.54) is 0 Å². The van der Waals surface area contributed by atoms with E-state index < -0.39 is 0 Å². The highest BCUT2D eigenvalue weighted by Crippen LogP contribution is 2.20.